The van der Waals surface area contributed by atoms with Crippen LogP contribution in [0.4, 0.5) is 10.1 Å². The zero-order valence-corrected chi connectivity index (χ0v) is 16.1. The van der Waals surface area contributed by atoms with Gasteiger partial charge in [0.2, 0.25) is 5.91 Å². The number of nitrogens with zero attached hydrogens (tertiary/aromatic N) is 1. The van der Waals surface area contributed by atoms with E-state index in [0.29, 0.717) is 29.7 Å². The molecule has 5 heteroatoms. The number of benzene rings is 2. The van der Waals surface area contributed by atoms with Crippen molar-refractivity contribution in [2.45, 2.75) is 50.5 Å². The number of para-hydroxylation sites is 1. The van der Waals surface area contributed by atoms with Gasteiger partial charge < -0.3 is 10.2 Å². The van der Waals surface area contributed by atoms with E-state index in [1.165, 1.54) is 6.07 Å². The first kappa shape index (κ1) is 18.7. The summed E-state index contributed by atoms with van der Waals surface area (Å²) < 4.78 is 14.3. The fourth-order valence-corrected chi connectivity index (χ4v) is 4.17. The number of anilines is 1. The molecule has 4 nitrogen and oxygen atoms in total. The SMILES string of the molecule is CC1CCCCN1C(=O)c1ccccc1NC(=O)C1(c2ccccc2F)CC1. The first-order valence-corrected chi connectivity index (χ1v) is 9.99. The predicted octanol–water partition coefficient (Wildman–Crippen LogP) is 4.51. The molecule has 1 saturated carbocycles. The highest BCUT2D eigenvalue weighted by Gasteiger charge is 2.52. The molecule has 0 bridgehead atoms. The van der Waals surface area contributed by atoms with Crippen LogP contribution in [0.2, 0.25) is 0 Å². The number of hydrogen-bond donors (Lipinski definition) is 1. The molecule has 2 aromatic rings. The molecule has 1 N–H and O–H groups in total. The Balaban J connectivity index is 1.59. The number of amides is 2. The highest BCUT2D eigenvalue weighted by atomic mass is 19.1. The van der Waals surface area contributed by atoms with Crippen molar-refractivity contribution < 1.29 is 14.0 Å². The minimum atomic E-state index is -0.833. The first-order chi connectivity index (χ1) is 13.5. The van der Waals surface area contributed by atoms with Crippen molar-refractivity contribution in [1.82, 2.24) is 4.90 Å². The van der Waals surface area contributed by atoms with E-state index in [1.807, 2.05) is 4.90 Å². The molecule has 1 aliphatic carbocycles. The normalized spacial score (nSPS) is 20.5. The molecule has 0 radical (unpaired) electrons. The number of carbonyl (C=O) groups is 2. The molecule has 1 unspecified atom stereocenters. The van der Waals surface area contributed by atoms with Crippen molar-refractivity contribution in [1.29, 1.82) is 0 Å². The summed E-state index contributed by atoms with van der Waals surface area (Å²) in [7, 11) is 0. The van der Waals surface area contributed by atoms with Gasteiger partial charge in [-0.25, -0.2) is 4.39 Å². The van der Waals surface area contributed by atoms with Crippen molar-refractivity contribution in [2.75, 3.05) is 11.9 Å². The van der Waals surface area contributed by atoms with Crippen LogP contribution in [0, 0.1) is 5.82 Å². The third-order valence-corrected chi connectivity index (χ3v) is 6.04. The number of rotatable bonds is 4. The number of likely N-dealkylation sites (tertiary alicyclic amines) is 1. The van der Waals surface area contributed by atoms with Gasteiger partial charge in [0.15, 0.2) is 0 Å². The number of nitrogens with one attached hydrogen (secondary N) is 1. The highest BCUT2D eigenvalue weighted by molar-refractivity contribution is 6.07. The maximum atomic E-state index is 14.3. The third kappa shape index (κ3) is 3.30. The maximum absolute atomic E-state index is 14.3. The van der Waals surface area contributed by atoms with Gasteiger partial charge in [-0.05, 0) is 57.2 Å². The molecule has 146 valence electrons. The summed E-state index contributed by atoms with van der Waals surface area (Å²) in [6.45, 7) is 2.80. The van der Waals surface area contributed by atoms with Crippen LogP contribution in [-0.2, 0) is 10.2 Å². The average Bonchev–Trinajstić information content (AvgIpc) is 3.50. The molecule has 2 amide bonds. The minimum absolute atomic E-state index is 0.0566. The number of hydrogen-bond acceptors (Lipinski definition) is 2. The largest absolute Gasteiger partial charge is 0.336 e. The number of carbonyl (C=O) groups excluding carboxylic acids is 2. The van der Waals surface area contributed by atoms with E-state index in [9.17, 15) is 14.0 Å². The van der Waals surface area contributed by atoms with Gasteiger partial charge in [0, 0.05) is 18.2 Å². The Morgan fingerprint density at radius 2 is 1.79 bits per heavy atom. The van der Waals surface area contributed by atoms with E-state index in [-0.39, 0.29) is 23.7 Å². The Bertz CT molecular complexity index is 907. The summed E-state index contributed by atoms with van der Waals surface area (Å²) in [6, 6.07) is 13.7. The lowest BCUT2D eigenvalue weighted by atomic mass is 9.94. The van der Waals surface area contributed by atoms with Crippen LogP contribution in [0.5, 0.6) is 0 Å². The summed E-state index contributed by atoms with van der Waals surface area (Å²) in [5.41, 5.74) is 0.590. The summed E-state index contributed by atoms with van der Waals surface area (Å²) in [5, 5.41) is 2.92. The van der Waals surface area contributed by atoms with Crippen LogP contribution in [0.3, 0.4) is 0 Å². The topological polar surface area (TPSA) is 49.4 Å². The second kappa shape index (κ2) is 7.38. The Labute approximate surface area is 164 Å². The molecule has 2 aliphatic rings. The Kier molecular flexibility index (Phi) is 4.92. The predicted molar refractivity (Wildman–Crippen MR) is 107 cm³/mol. The van der Waals surface area contributed by atoms with E-state index >= 15 is 0 Å². The van der Waals surface area contributed by atoms with Crippen LogP contribution >= 0.6 is 0 Å². The van der Waals surface area contributed by atoms with Gasteiger partial charge in [-0.3, -0.25) is 9.59 Å². The maximum Gasteiger partial charge on any atom is 0.256 e. The second-order valence-electron chi connectivity index (χ2n) is 7.91. The zero-order valence-electron chi connectivity index (χ0n) is 16.1. The minimum Gasteiger partial charge on any atom is -0.336 e. The first-order valence-electron chi connectivity index (χ1n) is 9.99. The van der Waals surface area contributed by atoms with E-state index in [0.717, 1.165) is 25.8 Å². The van der Waals surface area contributed by atoms with Crippen LogP contribution in [0.1, 0.15) is 54.9 Å². The summed E-state index contributed by atoms with van der Waals surface area (Å²) in [5.74, 6) is -0.662. The van der Waals surface area contributed by atoms with Crippen molar-refractivity contribution in [2.24, 2.45) is 0 Å². The Hall–Kier alpha value is -2.69. The van der Waals surface area contributed by atoms with Gasteiger partial charge >= 0.3 is 0 Å². The van der Waals surface area contributed by atoms with E-state index in [1.54, 1.807) is 42.5 Å². The smallest absolute Gasteiger partial charge is 0.256 e. The molecule has 1 aliphatic heterocycles. The molecule has 4 rings (SSSR count). The molecule has 1 atom stereocenters. The van der Waals surface area contributed by atoms with E-state index in [4.69, 9.17) is 0 Å². The fourth-order valence-electron chi connectivity index (χ4n) is 4.17. The van der Waals surface area contributed by atoms with Gasteiger partial charge in [-0.15, -0.1) is 0 Å². The molecule has 2 aromatic carbocycles. The molecule has 1 saturated heterocycles. The molecule has 2 fully saturated rings. The zero-order chi connectivity index (χ0) is 19.7. The van der Waals surface area contributed by atoms with Crippen molar-refractivity contribution >= 4 is 17.5 Å². The lowest BCUT2D eigenvalue weighted by Crippen LogP contribution is -2.42. The lowest BCUT2D eigenvalue weighted by Gasteiger charge is -2.34. The molecule has 1 heterocycles. The monoisotopic (exact) mass is 380 g/mol. The van der Waals surface area contributed by atoms with Gasteiger partial charge in [-0.2, -0.15) is 0 Å². The number of halogens is 1. The second-order valence-corrected chi connectivity index (χ2v) is 7.91. The lowest BCUT2D eigenvalue weighted by molar-refractivity contribution is -0.118. The van der Waals surface area contributed by atoms with Crippen LogP contribution in [0.25, 0.3) is 0 Å². The molecular weight excluding hydrogens is 355 g/mol. The molecule has 0 aromatic heterocycles. The van der Waals surface area contributed by atoms with Crippen molar-refractivity contribution in [3.8, 4) is 0 Å². The van der Waals surface area contributed by atoms with Crippen molar-refractivity contribution in [3.05, 3.63) is 65.5 Å². The number of piperidine rings is 1. The molecular formula is C23H25FN2O2. The fraction of sp³-hybridized carbons (Fsp3) is 0.391. The Morgan fingerprint density at radius 3 is 2.50 bits per heavy atom. The Morgan fingerprint density at radius 1 is 1.07 bits per heavy atom. The molecule has 28 heavy (non-hydrogen) atoms. The summed E-state index contributed by atoms with van der Waals surface area (Å²) in [4.78, 5) is 28.1. The van der Waals surface area contributed by atoms with Crippen LogP contribution < -0.4 is 5.32 Å². The standard InChI is InChI=1S/C23H25FN2O2/c1-16-8-6-7-15-26(16)21(27)17-9-2-5-12-20(17)25-22(28)23(13-14-23)18-10-3-4-11-19(18)24/h2-5,9-12,16H,6-8,13-15H2,1H3,(H,25,28). The molecule has 0 spiro atoms. The van der Waals surface area contributed by atoms with Crippen molar-refractivity contribution in [3.63, 3.8) is 0 Å². The third-order valence-electron chi connectivity index (χ3n) is 6.04. The van der Waals surface area contributed by atoms with Gasteiger partial charge in [0.25, 0.3) is 5.91 Å². The van der Waals surface area contributed by atoms with E-state index < -0.39 is 5.41 Å². The highest BCUT2D eigenvalue weighted by Crippen LogP contribution is 2.50. The van der Waals surface area contributed by atoms with E-state index in [2.05, 4.69) is 12.2 Å². The van der Waals surface area contributed by atoms with Gasteiger partial charge in [-0.1, -0.05) is 30.3 Å². The quantitative estimate of drug-likeness (QED) is 0.848. The average molecular weight is 380 g/mol. The van der Waals surface area contributed by atoms with Crippen LogP contribution in [-0.4, -0.2) is 29.3 Å². The summed E-state index contributed by atoms with van der Waals surface area (Å²) in [6.07, 6.45) is 4.35. The van der Waals surface area contributed by atoms with Gasteiger partial charge in [0.1, 0.15) is 5.82 Å². The van der Waals surface area contributed by atoms with Crippen LogP contribution in [0.15, 0.2) is 48.5 Å². The summed E-state index contributed by atoms with van der Waals surface area (Å²) >= 11 is 0. The van der Waals surface area contributed by atoms with Gasteiger partial charge in [0.05, 0.1) is 16.7 Å².